The minimum atomic E-state index is -0.223. The van der Waals surface area contributed by atoms with Crippen molar-refractivity contribution in [3.63, 3.8) is 0 Å². The molecular formula is C20H28N2O2. The van der Waals surface area contributed by atoms with Crippen molar-refractivity contribution in [2.75, 3.05) is 11.4 Å². The molecule has 3 rings (SSSR count). The van der Waals surface area contributed by atoms with Crippen LogP contribution in [0, 0.1) is 11.8 Å². The lowest BCUT2D eigenvalue weighted by molar-refractivity contribution is -0.127. The minimum absolute atomic E-state index is 0.0546. The van der Waals surface area contributed by atoms with E-state index in [-0.39, 0.29) is 23.8 Å². The van der Waals surface area contributed by atoms with E-state index in [1.807, 2.05) is 18.2 Å². The summed E-state index contributed by atoms with van der Waals surface area (Å²) < 4.78 is 0. The highest BCUT2D eigenvalue weighted by Gasteiger charge is 2.36. The summed E-state index contributed by atoms with van der Waals surface area (Å²) in [4.78, 5) is 26.9. The summed E-state index contributed by atoms with van der Waals surface area (Å²) in [5.41, 5.74) is 2.12. The molecule has 4 heteroatoms. The van der Waals surface area contributed by atoms with Crippen LogP contribution in [0.5, 0.6) is 0 Å². The second kappa shape index (κ2) is 7.37. The molecule has 24 heavy (non-hydrogen) atoms. The molecule has 4 nitrogen and oxygen atoms in total. The van der Waals surface area contributed by atoms with E-state index in [0.29, 0.717) is 18.9 Å². The van der Waals surface area contributed by atoms with E-state index in [9.17, 15) is 9.59 Å². The zero-order valence-electron chi connectivity index (χ0n) is 14.8. The quantitative estimate of drug-likeness (QED) is 0.922. The van der Waals surface area contributed by atoms with Crippen molar-refractivity contribution in [2.45, 2.75) is 58.4 Å². The Labute approximate surface area is 144 Å². The second-order valence-electron chi connectivity index (χ2n) is 7.36. The number of carbonyl (C=O) groups excluding carboxylic acids is 2. The molecule has 1 aromatic carbocycles. The van der Waals surface area contributed by atoms with Crippen LogP contribution in [0.25, 0.3) is 0 Å². The SMILES string of the molecule is CCc1ccccc1N1CC(C(=O)NC2CCCC(C)C2)CC1=O. The Morgan fingerprint density at radius 3 is 2.83 bits per heavy atom. The number of aryl methyl sites for hydroxylation is 1. The lowest BCUT2D eigenvalue weighted by atomic mass is 9.87. The molecule has 1 saturated carbocycles. The predicted molar refractivity (Wildman–Crippen MR) is 95.8 cm³/mol. The molecule has 130 valence electrons. The van der Waals surface area contributed by atoms with Crippen LogP contribution >= 0.6 is 0 Å². The largest absolute Gasteiger partial charge is 0.353 e. The maximum absolute atomic E-state index is 12.6. The topological polar surface area (TPSA) is 49.4 Å². The molecule has 1 aliphatic heterocycles. The van der Waals surface area contributed by atoms with Gasteiger partial charge in [0.25, 0.3) is 0 Å². The third-order valence-corrected chi connectivity index (χ3v) is 5.44. The summed E-state index contributed by atoms with van der Waals surface area (Å²) >= 11 is 0. The van der Waals surface area contributed by atoms with Crippen LogP contribution in [-0.4, -0.2) is 24.4 Å². The van der Waals surface area contributed by atoms with Crippen LogP contribution in [-0.2, 0) is 16.0 Å². The van der Waals surface area contributed by atoms with Crippen LogP contribution in [0.15, 0.2) is 24.3 Å². The fraction of sp³-hybridized carbons (Fsp3) is 0.600. The van der Waals surface area contributed by atoms with Gasteiger partial charge in [-0.2, -0.15) is 0 Å². The van der Waals surface area contributed by atoms with Gasteiger partial charge in [0.1, 0.15) is 0 Å². The van der Waals surface area contributed by atoms with Gasteiger partial charge in [-0.1, -0.05) is 44.9 Å². The minimum Gasteiger partial charge on any atom is -0.353 e. The maximum atomic E-state index is 12.6. The Balaban J connectivity index is 1.65. The monoisotopic (exact) mass is 328 g/mol. The van der Waals surface area contributed by atoms with Gasteiger partial charge in [0, 0.05) is 24.7 Å². The number of hydrogen-bond acceptors (Lipinski definition) is 2. The summed E-state index contributed by atoms with van der Waals surface area (Å²) in [5, 5.41) is 3.19. The molecule has 0 spiro atoms. The zero-order chi connectivity index (χ0) is 17.1. The van der Waals surface area contributed by atoms with Crippen molar-refractivity contribution in [1.29, 1.82) is 0 Å². The average Bonchev–Trinajstić information content (AvgIpc) is 2.96. The lowest BCUT2D eigenvalue weighted by Crippen LogP contribution is -2.42. The average molecular weight is 328 g/mol. The van der Waals surface area contributed by atoms with Crippen LogP contribution in [0.3, 0.4) is 0 Å². The summed E-state index contributed by atoms with van der Waals surface area (Å²) in [5.74, 6) is 0.578. The van der Waals surface area contributed by atoms with Crippen LogP contribution in [0.1, 0.15) is 51.5 Å². The molecule has 1 saturated heterocycles. The zero-order valence-corrected chi connectivity index (χ0v) is 14.8. The molecule has 1 aromatic rings. The smallest absolute Gasteiger partial charge is 0.227 e. The van der Waals surface area contributed by atoms with E-state index in [4.69, 9.17) is 0 Å². The van der Waals surface area contributed by atoms with Gasteiger partial charge in [-0.3, -0.25) is 9.59 Å². The second-order valence-corrected chi connectivity index (χ2v) is 7.36. The number of hydrogen-bond donors (Lipinski definition) is 1. The van der Waals surface area contributed by atoms with E-state index in [0.717, 1.165) is 30.5 Å². The van der Waals surface area contributed by atoms with Crippen molar-refractivity contribution >= 4 is 17.5 Å². The Kier molecular flexibility index (Phi) is 5.22. The molecule has 0 aromatic heterocycles. The number of amides is 2. The van der Waals surface area contributed by atoms with Crippen molar-refractivity contribution in [3.8, 4) is 0 Å². The van der Waals surface area contributed by atoms with Gasteiger partial charge < -0.3 is 10.2 Å². The first-order valence-electron chi connectivity index (χ1n) is 9.27. The van der Waals surface area contributed by atoms with Gasteiger partial charge in [0.15, 0.2) is 0 Å². The highest BCUT2D eigenvalue weighted by Crippen LogP contribution is 2.29. The highest BCUT2D eigenvalue weighted by molar-refractivity contribution is 6.00. The number of carbonyl (C=O) groups is 2. The first-order chi connectivity index (χ1) is 11.6. The van der Waals surface area contributed by atoms with E-state index in [2.05, 4.69) is 25.2 Å². The Hall–Kier alpha value is -1.84. The van der Waals surface area contributed by atoms with E-state index < -0.39 is 0 Å². The first-order valence-corrected chi connectivity index (χ1v) is 9.27. The molecule has 2 aliphatic rings. The molecule has 2 amide bonds. The van der Waals surface area contributed by atoms with Crippen molar-refractivity contribution in [3.05, 3.63) is 29.8 Å². The number of anilines is 1. The number of nitrogens with one attached hydrogen (secondary N) is 1. The summed E-state index contributed by atoms with van der Waals surface area (Å²) in [6, 6.07) is 8.28. The third kappa shape index (κ3) is 3.63. The predicted octanol–water partition coefficient (Wildman–Crippen LogP) is 3.30. The molecular weight excluding hydrogens is 300 g/mol. The van der Waals surface area contributed by atoms with Gasteiger partial charge in [0.05, 0.1) is 5.92 Å². The van der Waals surface area contributed by atoms with E-state index >= 15 is 0 Å². The van der Waals surface area contributed by atoms with Crippen LogP contribution in [0.2, 0.25) is 0 Å². The molecule has 0 bridgehead atoms. The maximum Gasteiger partial charge on any atom is 0.227 e. The van der Waals surface area contributed by atoms with Crippen LogP contribution in [0.4, 0.5) is 5.69 Å². The summed E-state index contributed by atoms with van der Waals surface area (Å²) in [6.45, 7) is 4.85. The Bertz CT molecular complexity index is 613. The molecule has 3 unspecified atom stereocenters. The first kappa shape index (κ1) is 17.0. The van der Waals surface area contributed by atoms with Gasteiger partial charge in [-0.25, -0.2) is 0 Å². The molecule has 1 N–H and O–H groups in total. The normalized spacial score (nSPS) is 27.3. The number of para-hydroxylation sites is 1. The van der Waals surface area contributed by atoms with Gasteiger partial charge >= 0.3 is 0 Å². The summed E-state index contributed by atoms with van der Waals surface area (Å²) in [7, 11) is 0. The van der Waals surface area contributed by atoms with Crippen molar-refractivity contribution in [1.82, 2.24) is 5.32 Å². The van der Waals surface area contributed by atoms with E-state index in [1.165, 1.54) is 12.8 Å². The number of benzene rings is 1. The van der Waals surface area contributed by atoms with E-state index in [1.54, 1.807) is 4.90 Å². The number of nitrogens with zero attached hydrogens (tertiary/aromatic N) is 1. The molecule has 0 radical (unpaired) electrons. The fourth-order valence-electron chi connectivity index (χ4n) is 4.07. The van der Waals surface area contributed by atoms with Gasteiger partial charge in [-0.05, 0) is 36.8 Å². The molecule has 2 fully saturated rings. The lowest BCUT2D eigenvalue weighted by Gasteiger charge is -2.28. The van der Waals surface area contributed by atoms with Gasteiger partial charge in [0.2, 0.25) is 11.8 Å². The standard InChI is InChI=1S/C20H28N2O2/c1-3-15-8-4-5-10-18(15)22-13-16(12-19(22)23)20(24)21-17-9-6-7-14(2)11-17/h4-5,8,10,14,16-17H,3,6-7,9,11-13H2,1-2H3,(H,21,24). The molecule has 1 heterocycles. The molecule has 1 aliphatic carbocycles. The van der Waals surface area contributed by atoms with Crippen molar-refractivity contribution in [2.24, 2.45) is 11.8 Å². The number of rotatable bonds is 4. The Morgan fingerprint density at radius 2 is 2.08 bits per heavy atom. The third-order valence-electron chi connectivity index (χ3n) is 5.44. The fourth-order valence-corrected chi connectivity index (χ4v) is 4.07. The van der Waals surface area contributed by atoms with Crippen LogP contribution < -0.4 is 10.2 Å². The Morgan fingerprint density at radius 1 is 1.29 bits per heavy atom. The highest BCUT2D eigenvalue weighted by atomic mass is 16.2. The van der Waals surface area contributed by atoms with Gasteiger partial charge in [-0.15, -0.1) is 0 Å². The van der Waals surface area contributed by atoms with Crippen molar-refractivity contribution < 1.29 is 9.59 Å². The molecule has 3 atom stereocenters. The summed E-state index contributed by atoms with van der Waals surface area (Å²) in [6.07, 6.45) is 5.79.